The summed E-state index contributed by atoms with van der Waals surface area (Å²) in [5.74, 6) is 1.96. The summed E-state index contributed by atoms with van der Waals surface area (Å²) in [4.78, 5) is 9.67. The molecule has 1 aromatic heterocycles. The Morgan fingerprint density at radius 2 is 2.00 bits per heavy atom. The Bertz CT molecular complexity index is 565. The van der Waals surface area contributed by atoms with Gasteiger partial charge in [-0.1, -0.05) is 25.5 Å². The summed E-state index contributed by atoms with van der Waals surface area (Å²) < 4.78 is 13.6. The van der Waals surface area contributed by atoms with Gasteiger partial charge in [-0.25, -0.2) is 14.4 Å². The molecule has 2 aromatic rings. The summed E-state index contributed by atoms with van der Waals surface area (Å²) >= 11 is 1.43. The number of hydrogen-bond donors (Lipinski definition) is 1. The van der Waals surface area contributed by atoms with Gasteiger partial charge >= 0.3 is 0 Å². The lowest BCUT2D eigenvalue weighted by molar-refractivity contribution is 0.602. The first-order chi connectivity index (χ1) is 10.2. The van der Waals surface area contributed by atoms with E-state index in [0.29, 0.717) is 10.6 Å². The zero-order valence-electron chi connectivity index (χ0n) is 12.4. The Balaban J connectivity index is 2.13. The second-order valence-corrected chi connectivity index (χ2v) is 5.68. The minimum Gasteiger partial charge on any atom is -0.370 e. The average molecular weight is 305 g/mol. The van der Waals surface area contributed by atoms with E-state index in [9.17, 15) is 4.39 Å². The van der Waals surface area contributed by atoms with Crippen LogP contribution in [0.1, 0.15) is 31.8 Å². The molecule has 1 N–H and O–H groups in total. The first-order valence-corrected chi connectivity index (χ1v) is 8.19. The molecule has 0 atom stereocenters. The van der Waals surface area contributed by atoms with Crippen LogP contribution in [0.3, 0.4) is 0 Å². The molecule has 0 aliphatic heterocycles. The number of halogens is 1. The Morgan fingerprint density at radius 1 is 1.19 bits per heavy atom. The maximum Gasteiger partial charge on any atom is 0.141 e. The number of hydrogen-bond acceptors (Lipinski definition) is 4. The minimum atomic E-state index is -0.195. The SMILES string of the molecule is CCCc1cc(NCC)nc(CSc2ccccc2F)n1. The van der Waals surface area contributed by atoms with E-state index in [4.69, 9.17) is 0 Å². The molecule has 112 valence electrons. The second kappa shape index (κ2) is 7.98. The highest BCUT2D eigenvalue weighted by Gasteiger charge is 2.07. The van der Waals surface area contributed by atoms with Gasteiger partial charge in [-0.3, -0.25) is 0 Å². The van der Waals surface area contributed by atoms with Crippen LogP contribution in [0, 0.1) is 5.82 Å². The van der Waals surface area contributed by atoms with E-state index in [0.717, 1.165) is 36.7 Å². The molecule has 0 saturated heterocycles. The van der Waals surface area contributed by atoms with Crippen LogP contribution in [0.15, 0.2) is 35.2 Å². The van der Waals surface area contributed by atoms with Crippen molar-refractivity contribution in [1.82, 2.24) is 9.97 Å². The molecular formula is C16H20FN3S. The van der Waals surface area contributed by atoms with Gasteiger partial charge in [0.15, 0.2) is 0 Å². The van der Waals surface area contributed by atoms with Crippen molar-refractivity contribution >= 4 is 17.6 Å². The number of rotatable bonds is 7. The molecule has 0 saturated carbocycles. The van der Waals surface area contributed by atoms with Crippen LogP contribution >= 0.6 is 11.8 Å². The average Bonchev–Trinajstić information content (AvgIpc) is 2.47. The fourth-order valence-corrected chi connectivity index (χ4v) is 2.77. The number of nitrogens with zero attached hydrogens (tertiary/aromatic N) is 2. The molecular weight excluding hydrogens is 285 g/mol. The quantitative estimate of drug-likeness (QED) is 0.774. The third kappa shape index (κ3) is 4.70. The summed E-state index contributed by atoms with van der Waals surface area (Å²) in [6.07, 6.45) is 1.97. The molecule has 0 amide bonds. The zero-order chi connectivity index (χ0) is 15.1. The molecule has 1 aromatic carbocycles. The van der Waals surface area contributed by atoms with Gasteiger partial charge < -0.3 is 5.32 Å². The number of benzene rings is 1. The van der Waals surface area contributed by atoms with Gasteiger partial charge in [0, 0.05) is 23.2 Å². The topological polar surface area (TPSA) is 37.8 Å². The largest absolute Gasteiger partial charge is 0.370 e. The van der Waals surface area contributed by atoms with E-state index in [1.54, 1.807) is 12.1 Å². The lowest BCUT2D eigenvalue weighted by Crippen LogP contribution is -2.05. The monoisotopic (exact) mass is 305 g/mol. The Kier molecular flexibility index (Phi) is 5.99. The van der Waals surface area contributed by atoms with Crippen LogP contribution in [-0.4, -0.2) is 16.5 Å². The van der Waals surface area contributed by atoms with Crippen LogP contribution in [0.4, 0.5) is 10.2 Å². The number of aryl methyl sites for hydroxylation is 1. The lowest BCUT2D eigenvalue weighted by Gasteiger charge is -2.08. The number of anilines is 1. The standard InChI is InChI=1S/C16H20FN3S/c1-3-7-12-10-15(18-4-2)20-16(19-12)11-21-14-9-6-5-8-13(14)17/h5-6,8-10H,3-4,7,11H2,1-2H3,(H,18,19,20). The highest BCUT2D eigenvalue weighted by Crippen LogP contribution is 2.24. The van der Waals surface area contributed by atoms with Gasteiger partial charge in [-0.15, -0.1) is 11.8 Å². The predicted molar refractivity (Wildman–Crippen MR) is 86.2 cm³/mol. The molecule has 0 spiro atoms. The van der Waals surface area contributed by atoms with Gasteiger partial charge in [-0.05, 0) is 25.5 Å². The highest BCUT2D eigenvalue weighted by molar-refractivity contribution is 7.98. The molecule has 0 aliphatic carbocycles. The molecule has 5 heteroatoms. The maximum absolute atomic E-state index is 13.6. The van der Waals surface area contributed by atoms with E-state index in [1.165, 1.54) is 17.8 Å². The van der Waals surface area contributed by atoms with Crippen molar-refractivity contribution in [3.05, 3.63) is 47.7 Å². The Morgan fingerprint density at radius 3 is 2.71 bits per heavy atom. The third-order valence-electron chi connectivity index (χ3n) is 2.88. The van der Waals surface area contributed by atoms with Crippen molar-refractivity contribution in [2.45, 2.75) is 37.3 Å². The van der Waals surface area contributed by atoms with Crippen LogP contribution in [0.2, 0.25) is 0 Å². The highest BCUT2D eigenvalue weighted by atomic mass is 32.2. The van der Waals surface area contributed by atoms with Crippen molar-refractivity contribution in [2.75, 3.05) is 11.9 Å². The molecule has 0 radical (unpaired) electrons. The molecule has 0 aliphatic rings. The summed E-state index contributed by atoms with van der Waals surface area (Å²) in [7, 11) is 0. The first-order valence-electron chi connectivity index (χ1n) is 7.21. The van der Waals surface area contributed by atoms with Crippen molar-refractivity contribution < 1.29 is 4.39 Å². The molecule has 2 rings (SSSR count). The third-order valence-corrected chi connectivity index (χ3v) is 3.93. The van der Waals surface area contributed by atoms with Crippen molar-refractivity contribution in [2.24, 2.45) is 0 Å². The van der Waals surface area contributed by atoms with E-state index in [2.05, 4.69) is 22.2 Å². The van der Waals surface area contributed by atoms with Crippen molar-refractivity contribution in [3.8, 4) is 0 Å². The first kappa shape index (κ1) is 15.8. The molecule has 1 heterocycles. The van der Waals surface area contributed by atoms with Crippen molar-refractivity contribution in [3.63, 3.8) is 0 Å². The van der Waals surface area contributed by atoms with Gasteiger partial charge in [-0.2, -0.15) is 0 Å². The smallest absolute Gasteiger partial charge is 0.141 e. The van der Waals surface area contributed by atoms with Crippen LogP contribution in [0.25, 0.3) is 0 Å². The maximum atomic E-state index is 13.6. The predicted octanol–water partition coefficient (Wildman–Crippen LogP) is 4.29. The molecule has 0 unspecified atom stereocenters. The molecule has 21 heavy (non-hydrogen) atoms. The van der Waals surface area contributed by atoms with Gasteiger partial charge in [0.1, 0.15) is 17.5 Å². The van der Waals surface area contributed by atoms with Gasteiger partial charge in [0.25, 0.3) is 0 Å². The van der Waals surface area contributed by atoms with Crippen molar-refractivity contribution in [1.29, 1.82) is 0 Å². The van der Waals surface area contributed by atoms with E-state index < -0.39 is 0 Å². The van der Waals surface area contributed by atoms with Gasteiger partial charge in [0.05, 0.1) is 5.75 Å². The summed E-state index contributed by atoms with van der Waals surface area (Å²) in [6.45, 7) is 4.99. The number of aromatic nitrogens is 2. The fourth-order valence-electron chi connectivity index (χ4n) is 1.98. The van der Waals surface area contributed by atoms with Crippen LogP contribution in [-0.2, 0) is 12.2 Å². The van der Waals surface area contributed by atoms with Crippen LogP contribution < -0.4 is 5.32 Å². The van der Waals surface area contributed by atoms with Crippen LogP contribution in [0.5, 0.6) is 0 Å². The summed E-state index contributed by atoms with van der Waals surface area (Å²) in [6, 6.07) is 8.77. The molecule has 0 bridgehead atoms. The normalized spacial score (nSPS) is 10.6. The Hall–Kier alpha value is -1.62. The summed E-state index contributed by atoms with van der Waals surface area (Å²) in [5.41, 5.74) is 1.03. The van der Waals surface area contributed by atoms with Gasteiger partial charge in [0.2, 0.25) is 0 Å². The van der Waals surface area contributed by atoms with E-state index >= 15 is 0 Å². The number of nitrogens with one attached hydrogen (secondary N) is 1. The lowest BCUT2D eigenvalue weighted by atomic mass is 10.2. The summed E-state index contributed by atoms with van der Waals surface area (Å²) in [5, 5.41) is 3.22. The van der Waals surface area contributed by atoms with E-state index in [1.807, 2.05) is 19.1 Å². The second-order valence-electron chi connectivity index (χ2n) is 4.66. The molecule has 0 fully saturated rings. The number of thioether (sulfide) groups is 1. The zero-order valence-corrected chi connectivity index (χ0v) is 13.2. The fraction of sp³-hybridized carbons (Fsp3) is 0.375. The molecule has 3 nitrogen and oxygen atoms in total. The minimum absolute atomic E-state index is 0.195. The van der Waals surface area contributed by atoms with E-state index in [-0.39, 0.29) is 5.82 Å². The Labute approximate surface area is 129 Å².